The molecule has 2 atom stereocenters. The summed E-state index contributed by atoms with van der Waals surface area (Å²) in [5.41, 5.74) is -0.0880. The Morgan fingerprint density at radius 1 is 1.19 bits per heavy atom. The fourth-order valence-electron chi connectivity index (χ4n) is 2.60. The summed E-state index contributed by atoms with van der Waals surface area (Å²) in [5.74, 6) is 0.291. The number of nitrogens with zero attached hydrogens (tertiary/aromatic N) is 4. The van der Waals surface area contributed by atoms with Crippen molar-refractivity contribution in [3.63, 3.8) is 0 Å². The highest BCUT2D eigenvalue weighted by atomic mass is 16.6. The van der Waals surface area contributed by atoms with Crippen molar-refractivity contribution in [1.29, 1.82) is 0 Å². The first kappa shape index (κ1) is 20.8. The van der Waals surface area contributed by atoms with Crippen molar-refractivity contribution in [2.45, 2.75) is 71.2 Å². The lowest BCUT2D eigenvalue weighted by molar-refractivity contribution is 0.0402. The zero-order valence-corrected chi connectivity index (χ0v) is 16.8. The molecule has 2 rings (SSSR count). The van der Waals surface area contributed by atoms with Crippen molar-refractivity contribution in [3.05, 3.63) is 41.7 Å². The summed E-state index contributed by atoms with van der Waals surface area (Å²) in [6.07, 6.45) is -1.30. The second kappa shape index (κ2) is 8.04. The van der Waals surface area contributed by atoms with Crippen LogP contribution in [0.25, 0.3) is 0 Å². The van der Waals surface area contributed by atoms with Crippen LogP contribution < -0.4 is 5.32 Å². The van der Waals surface area contributed by atoms with E-state index in [2.05, 4.69) is 20.8 Å². The summed E-state index contributed by atoms with van der Waals surface area (Å²) < 4.78 is 6.91. The molecule has 1 aromatic carbocycles. The van der Waals surface area contributed by atoms with E-state index < -0.39 is 29.4 Å². The number of hydrogen-bond acceptors (Lipinski definition) is 6. The van der Waals surface area contributed by atoms with E-state index in [0.717, 1.165) is 5.56 Å². The SMILES string of the molecule is CC(C)(C)OC(=O)N[C@@H](Cc1ccccc1)[C@@H](O)c1nnnn1C(C)(C)C. The normalized spacial score (nSPS) is 14.5. The van der Waals surface area contributed by atoms with Gasteiger partial charge >= 0.3 is 6.09 Å². The maximum atomic E-state index is 12.3. The summed E-state index contributed by atoms with van der Waals surface area (Å²) in [6, 6.07) is 8.94. The van der Waals surface area contributed by atoms with Gasteiger partial charge in [-0.3, -0.25) is 0 Å². The molecule has 0 bridgehead atoms. The second-order valence-corrected chi connectivity index (χ2v) is 8.51. The smallest absolute Gasteiger partial charge is 0.407 e. The number of ether oxygens (including phenoxy) is 1. The Hall–Kier alpha value is -2.48. The van der Waals surface area contributed by atoms with Gasteiger partial charge in [-0.05, 0) is 64.0 Å². The Morgan fingerprint density at radius 3 is 2.37 bits per heavy atom. The van der Waals surface area contributed by atoms with Crippen molar-refractivity contribution in [2.75, 3.05) is 0 Å². The average Bonchev–Trinajstić information content (AvgIpc) is 3.02. The number of benzene rings is 1. The third-order valence-electron chi connectivity index (χ3n) is 3.78. The van der Waals surface area contributed by atoms with Gasteiger partial charge in [-0.1, -0.05) is 30.3 Å². The van der Waals surface area contributed by atoms with Gasteiger partial charge in [-0.15, -0.1) is 5.10 Å². The molecular formula is C19H29N5O3. The number of aliphatic hydroxyl groups is 1. The minimum absolute atomic E-state index is 0.291. The molecule has 1 heterocycles. The second-order valence-electron chi connectivity index (χ2n) is 8.51. The van der Waals surface area contributed by atoms with Gasteiger partial charge in [0.25, 0.3) is 0 Å². The summed E-state index contributed by atoms with van der Waals surface area (Å²) in [7, 11) is 0. The van der Waals surface area contributed by atoms with Crippen molar-refractivity contribution < 1.29 is 14.6 Å². The van der Waals surface area contributed by atoms with E-state index in [0.29, 0.717) is 12.2 Å². The highest BCUT2D eigenvalue weighted by molar-refractivity contribution is 5.68. The van der Waals surface area contributed by atoms with Gasteiger partial charge in [-0.25, -0.2) is 9.48 Å². The number of rotatable bonds is 5. The molecule has 0 spiro atoms. The monoisotopic (exact) mass is 375 g/mol. The lowest BCUT2D eigenvalue weighted by Gasteiger charge is -2.28. The molecule has 0 saturated carbocycles. The molecule has 0 fully saturated rings. The standard InChI is InChI=1S/C19H29N5O3/c1-18(2,3)24-16(21-22-23-24)15(25)14(12-13-10-8-7-9-11-13)20-17(26)27-19(4,5)6/h7-11,14-15,25H,12H2,1-6H3,(H,20,26)/t14-,15+/m0/s1. The Balaban J connectivity index is 2.28. The molecule has 0 aliphatic heterocycles. The molecule has 0 aliphatic carbocycles. The topological polar surface area (TPSA) is 102 Å². The van der Waals surface area contributed by atoms with Gasteiger partial charge < -0.3 is 15.2 Å². The highest BCUT2D eigenvalue weighted by Crippen LogP contribution is 2.23. The molecule has 0 unspecified atom stereocenters. The summed E-state index contributed by atoms with van der Waals surface area (Å²) in [5, 5.41) is 25.4. The summed E-state index contributed by atoms with van der Waals surface area (Å²) >= 11 is 0. The Kier molecular flexibility index (Phi) is 6.20. The fourth-order valence-corrected chi connectivity index (χ4v) is 2.60. The average molecular weight is 375 g/mol. The molecule has 27 heavy (non-hydrogen) atoms. The van der Waals surface area contributed by atoms with E-state index in [1.807, 2.05) is 51.1 Å². The van der Waals surface area contributed by atoms with Crippen LogP contribution in [-0.4, -0.2) is 43.0 Å². The minimum atomic E-state index is -1.10. The van der Waals surface area contributed by atoms with Gasteiger partial charge in [0.05, 0.1) is 11.6 Å². The predicted octanol–water partition coefficient (Wildman–Crippen LogP) is 2.60. The first-order valence-electron chi connectivity index (χ1n) is 8.97. The van der Waals surface area contributed by atoms with Gasteiger partial charge in [0.1, 0.15) is 11.7 Å². The quantitative estimate of drug-likeness (QED) is 0.833. The number of amides is 1. The van der Waals surface area contributed by atoms with E-state index in [-0.39, 0.29) is 0 Å². The zero-order chi connectivity index (χ0) is 20.2. The van der Waals surface area contributed by atoms with Crippen LogP contribution in [0, 0.1) is 0 Å². The molecule has 148 valence electrons. The van der Waals surface area contributed by atoms with Crippen LogP contribution >= 0.6 is 0 Å². The Bertz CT molecular complexity index is 747. The van der Waals surface area contributed by atoms with Crippen molar-refractivity contribution in [1.82, 2.24) is 25.5 Å². The largest absolute Gasteiger partial charge is 0.444 e. The molecule has 2 N–H and O–H groups in total. The van der Waals surface area contributed by atoms with E-state index >= 15 is 0 Å². The van der Waals surface area contributed by atoms with E-state index in [4.69, 9.17) is 4.74 Å². The van der Waals surface area contributed by atoms with E-state index in [1.54, 1.807) is 25.5 Å². The van der Waals surface area contributed by atoms with E-state index in [1.165, 1.54) is 0 Å². The van der Waals surface area contributed by atoms with Crippen molar-refractivity contribution in [3.8, 4) is 0 Å². The number of carbonyl (C=O) groups excluding carboxylic acids is 1. The predicted molar refractivity (Wildman–Crippen MR) is 101 cm³/mol. The Morgan fingerprint density at radius 2 is 1.81 bits per heavy atom. The van der Waals surface area contributed by atoms with Crippen LogP contribution in [0.1, 0.15) is 59.0 Å². The molecule has 0 radical (unpaired) electrons. The number of aliphatic hydroxyl groups excluding tert-OH is 1. The molecule has 1 aromatic heterocycles. The third kappa shape index (κ3) is 6.02. The molecule has 8 nitrogen and oxygen atoms in total. The number of nitrogens with one attached hydrogen (secondary N) is 1. The minimum Gasteiger partial charge on any atom is -0.444 e. The van der Waals surface area contributed by atoms with E-state index in [9.17, 15) is 9.90 Å². The summed E-state index contributed by atoms with van der Waals surface area (Å²) in [4.78, 5) is 12.3. The lowest BCUT2D eigenvalue weighted by Crippen LogP contribution is -2.44. The van der Waals surface area contributed by atoms with Gasteiger partial charge in [0.15, 0.2) is 5.82 Å². The van der Waals surface area contributed by atoms with Crippen molar-refractivity contribution >= 4 is 6.09 Å². The number of tetrazole rings is 1. The van der Waals surface area contributed by atoms with Crippen LogP contribution in [0.2, 0.25) is 0 Å². The first-order chi connectivity index (χ1) is 12.5. The molecule has 0 saturated heterocycles. The van der Waals surface area contributed by atoms with Crippen LogP contribution in [-0.2, 0) is 16.7 Å². The molecule has 2 aromatic rings. The molecule has 1 amide bonds. The third-order valence-corrected chi connectivity index (χ3v) is 3.78. The number of alkyl carbamates (subject to hydrolysis) is 1. The highest BCUT2D eigenvalue weighted by Gasteiger charge is 2.32. The van der Waals surface area contributed by atoms with Gasteiger partial charge in [0.2, 0.25) is 0 Å². The van der Waals surface area contributed by atoms with Crippen LogP contribution in [0.15, 0.2) is 30.3 Å². The number of carbonyl (C=O) groups is 1. The fraction of sp³-hybridized carbons (Fsp3) is 0.579. The number of aromatic nitrogens is 4. The van der Waals surface area contributed by atoms with Crippen LogP contribution in [0.4, 0.5) is 4.79 Å². The van der Waals surface area contributed by atoms with Crippen LogP contribution in [0.3, 0.4) is 0 Å². The Labute approximate surface area is 159 Å². The zero-order valence-electron chi connectivity index (χ0n) is 16.8. The van der Waals surface area contributed by atoms with Crippen molar-refractivity contribution in [2.24, 2.45) is 0 Å². The first-order valence-corrected chi connectivity index (χ1v) is 8.97. The summed E-state index contributed by atoms with van der Waals surface area (Å²) in [6.45, 7) is 11.2. The van der Waals surface area contributed by atoms with Gasteiger partial charge in [-0.2, -0.15) is 0 Å². The molecule has 0 aliphatic rings. The maximum absolute atomic E-state index is 12.3. The molecule has 8 heteroatoms. The number of hydrogen-bond donors (Lipinski definition) is 2. The lowest BCUT2D eigenvalue weighted by atomic mass is 10.00. The van der Waals surface area contributed by atoms with Crippen LogP contribution in [0.5, 0.6) is 0 Å². The molecular weight excluding hydrogens is 346 g/mol. The maximum Gasteiger partial charge on any atom is 0.407 e. The van der Waals surface area contributed by atoms with Gasteiger partial charge in [0, 0.05) is 0 Å².